The van der Waals surface area contributed by atoms with E-state index in [9.17, 15) is 14.4 Å². The van der Waals surface area contributed by atoms with Crippen molar-refractivity contribution in [1.29, 1.82) is 0 Å². The normalized spacial score (nSPS) is 13.6. The quantitative estimate of drug-likeness (QED) is 0.280. The molecule has 0 aromatic heterocycles. The maximum Gasteiger partial charge on any atom is 0.258 e. The lowest BCUT2D eigenvalue weighted by Crippen LogP contribution is -2.29. The van der Waals surface area contributed by atoms with Gasteiger partial charge in [-0.15, -0.1) is 0 Å². The van der Waals surface area contributed by atoms with Crippen molar-refractivity contribution in [2.75, 3.05) is 49.8 Å². The molecule has 0 aliphatic carbocycles. The van der Waals surface area contributed by atoms with Crippen molar-refractivity contribution >= 4 is 46.1 Å². The molecule has 8 nitrogen and oxygen atoms in total. The van der Waals surface area contributed by atoms with Gasteiger partial charge >= 0.3 is 0 Å². The van der Waals surface area contributed by atoms with Gasteiger partial charge in [-0.25, -0.2) is 0 Å². The summed E-state index contributed by atoms with van der Waals surface area (Å²) in [7, 11) is 5.66. The van der Waals surface area contributed by atoms with Gasteiger partial charge in [0.2, 0.25) is 5.91 Å². The predicted molar refractivity (Wildman–Crippen MR) is 167 cm³/mol. The third-order valence-corrected chi connectivity index (χ3v) is 7.02. The van der Waals surface area contributed by atoms with Crippen molar-refractivity contribution in [2.45, 2.75) is 26.7 Å². The third-order valence-electron chi connectivity index (χ3n) is 7.02. The molecule has 0 spiro atoms. The molecule has 41 heavy (non-hydrogen) atoms. The van der Waals surface area contributed by atoms with E-state index in [0.717, 1.165) is 23.4 Å². The Morgan fingerprint density at radius 2 is 1.61 bits per heavy atom. The Hall–Kier alpha value is -4.43. The highest BCUT2D eigenvalue weighted by Crippen LogP contribution is 2.38. The molecule has 1 heterocycles. The Morgan fingerprint density at radius 3 is 2.27 bits per heavy atom. The summed E-state index contributed by atoms with van der Waals surface area (Å²) in [6, 6.07) is 22.5. The Bertz CT molecular complexity index is 1430. The molecule has 0 fully saturated rings. The van der Waals surface area contributed by atoms with E-state index in [1.165, 1.54) is 0 Å². The third kappa shape index (κ3) is 7.41. The van der Waals surface area contributed by atoms with Crippen molar-refractivity contribution in [1.82, 2.24) is 10.2 Å². The van der Waals surface area contributed by atoms with Gasteiger partial charge in [0.1, 0.15) is 0 Å². The van der Waals surface area contributed by atoms with Gasteiger partial charge in [-0.3, -0.25) is 14.4 Å². The fourth-order valence-corrected chi connectivity index (χ4v) is 4.56. The van der Waals surface area contributed by atoms with E-state index in [2.05, 4.69) is 29.8 Å². The van der Waals surface area contributed by atoms with E-state index in [-0.39, 0.29) is 17.7 Å². The minimum absolute atomic E-state index is 0.0368. The number of amides is 3. The molecule has 8 heteroatoms. The predicted octanol–water partition coefficient (Wildman–Crippen LogP) is 5.31. The molecule has 0 saturated carbocycles. The lowest BCUT2D eigenvalue weighted by Gasteiger charge is -2.20. The lowest BCUT2D eigenvalue weighted by molar-refractivity contribution is -0.118. The molecule has 3 N–H and O–H groups in total. The monoisotopic (exact) mass is 553 g/mol. The number of carbonyl (C=O) groups excluding carboxylic acids is 3. The zero-order valence-corrected chi connectivity index (χ0v) is 24.5. The van der Waals surface area contributed by atoms with E-state index >= 15 is 0 Å². The summed E-state index contributed by atoms with van der Waals surface area (Å²) in [6.45, 7) is 5.51. The Balaban J connectivity index is 1.65. The summed E-state index contributed by atoms with van der Waals surface area (Å²) >= 11 is 0. The van der Waals surface area contributed by atoms with Crippen molar-refractivity contribution < 1.29 is 14.4 Å². The SMILES string of the molecule is CC(C)CCNC(=O)c1ccc2c(c1)C(=C(Nc1ccc(N(C)C(=O)CCN(C)C)cc1)c1ccccc1)C(=O)N2. The first-order valence-electron chi connectivity index (χ1n) is 14.0. The van der Waals surface area contributed by atoms with Crippen LogP contribution in [0.2, 0.25) is 0 Å². The summed E-state index contributed by atoms with van der Waals surface area (Å²) in [5.41, 5.74) is 5.29. The Labute approximate surface area is 242 Å². The van der Waals surface area contributed by atoms with Crippen LogP contribution in [0.15, 0.2) is 72.8 Å². The number of nitrogens with one attached hydrogen (secondary N) is 3. The maximum atomic E-state index is 13.3. The molecule has 3 aromatic carbocycles. The summed E-state index contributed by atoms with van der Waals surface area (Å²) in [6.07, 6.45) is 1.32. The number of fused-ring (bicyclic) bond motifs is 1. The van der Waals surface area contributed by atoms with E-state index in [4.69, 9.17) is 0 Å². The first kappa shape index (κ1) is 29.6. The summed E-state index contributed by atoms with van der Waals surface area (Å²) in [4.78, 5) is 42.4. The molecule has 0 bridgehead atoms. The zero-order chi connectivity index (χ0) is 29.5. The van der Waals surface area contributed by atoms with Gasteiger partial charge in [-0.05, 0) is 74.5 Å². The van der Waals surface area contributed by atoms with E-state index in [1.54, 1.807) is 30.1 Å². The van der Waals surface area contributed by atoms with Gasteiger partial charge in [-0.1, -0.05) is 44.2 Å². The highest BCUT2D eigenvalue weighted by molar-refractivity contribution is 6.37. The Morgan fingerprint density at radius 1 is 0.902 bits per heavy atom. The van der Waals surface area contributed by atoms with Crippen LogP contribution in [-0.2, 0) is 9.59 Å². The number of carbonyl (C=O) groups is 3. The second-order valence-electron chi connectivity index (χ2n) is 10.9. The molecule has 4 rings (SSSR count). The van der Waals surface area contributed by atoms with Crippen molar-refractivity contribution in [3.05, 3.63) is 89.5 Å². The lowest BCUT2D eigenvalue weighted by atomic mass is 9.98. The molecule has 3 aromatic rings. The standard InChI is InChI=1S/C33H39N5O3/c1-22(2)17-19-34-32(40)24-11-16-28-27(21-24)30(33(41)36-28)31(23-9-7-6-8-10-23)35-25-12-14-26(15-13-25)38(5)29(39)18-20-37(3)4/h6-16,21-22,35H,17-20H2,1-5H3,(H,34,40)(H,36,41). The van der Waals surface area contributed by atoms with Crippen molar-refractivity contribution in [3.8, 4) is 0 Å². The fraction of sp³-hybridized carbons (Fsp3) is 0.303. The summed E-state index contributed by atoms with van der Waals surface area (Å²) < 4.78 is 0. The molecule has 1 aliphatic rings. The number of hydrogen-bond acceptors (Lipinski definition) is 5. The van der Waals surface area contributed by atoms with Gasteiger partial charge in [0, 0.05) is 54.7 Å². The van der Waals surface area contributed by atoms with Crippen molar-refractivity contribution in [2.24, 2.45) is 5.92 Å². The first-order valence-corrected chi connectivity index (χ1v) is 14.0. The maximum absolute atomic E-state index is 13.3. The summed E-state index contributed by atoms with van der Waals surface area (Å²) in [5, 5.41) is 9.37. The molecular weight excluding hydrogens is 514 g/mol. The number of anilines is 3. The minimum Gasteiger partial charge on any atom is -0.354 e. The molecule has 0 unspecified atom stereocenters. The largest absolute Gasteiger partial charge is 0.354 e. The van der Waals surface area contributed by atoms with E-state index < -0.39 is 0 Å². The molecule has 0 radical (unpaired) electrons. The van der Waals surface area contributed by atoms with Crippen LogP contribution in [0.25, 0.3) is 11.3 Å². The minimum atomic E-state index is -0.244. The van der Waals surface area contributed by atoms with Crippen LogP contribution in [0.3, 0.4) is 0 Å². The van der Waals surface area contributed by atoms with Crippen LogP contribution in [0, 0.1) is 5.92 Å². The van der Waals surface area contributed by atoms with Gasteiger partial charge in [-0.2, -0.15) is 0 Å². The second-order valence-corrected chi connectivity index (χ2v) is 10.9. The molecule has 1 aliphatic heterocycles. The molecule has 3 amide bonds. The van der Waals surface area contributed by atoms with Crippen LogP contribution < -0.4 is 20.9 Å². The van der Waals surface area contributed by atoms with E-state index in [0.29, 0.717) is 53.5 Å². The molecule has 0 saturated heterocycles. The van der Waals surface area contributed by atoms with E-state index in [1.807, 2.05) is 73.6 Å². The van der Waals surface area contributed by atoms with Gasteiger partial charge in [0.05, 0.1) is 11.3 Å². The van der Waals surface area contributed by atoms with Crippen LogP contribution in [0.1, 0.15) is 48.2 Å². The smallest absolute Gasteiger partial charge is 0.258 e. The number of nitrogens with zero attached hydrogens (tertiary/aromatic N) is 2. The number of benzene rings is 3. The number of hydrogen-bond donors (Lipinski definition) is 3. The molecule has 214 valence electrons. The van der Waals surface area contributed by atoms with Gasteiger partial charge in [0.25, 0.3) is 11.8 Å². The fourth-order valence-electron chi connectivity index (χ4n) is 4.56. The second kappa shape index (κ2) is 13.3. The summed E-state index contributed by atoms with van der Waals surface area (Å²) in [5.74, 6) is 0.117. The van der Waals surface area contributed by atoms with Crippen LogP contribution in [0.5, 0.6) is 0 Å². The molecular formula is C33H39N5O3. The highest BCUT2D eigenvalue weighted by atomic mass is 16.2. The zero-order valence-electron chi connectivity index (χ0n) is 24.5. The average Bonchev–Trinajstić information content (AvgIpc) is 3.29. The van der Waals surface area contributed by atoms with Gasteiger partial charge < -0.3 is 25.8 Å². The highest BCUT2D eigenvalue weighted by Gasteiger charge is 2.29. The van der Waals surface area contributed by atoms with Crippen molar-refractivity contribution in [3.63, 3.8) is 0 Å². The molecule has 0 atom stereocenters. The topological polar surface area (TPSA) is 93.8 Å². The number of rotatable bonds is 11. The Kier molecular flexibility index (Phi) is 9.57. The van der Waals surface area contributed by atoms with Crippen LogP contribution >= 0.6 is 0 Å². The van der Waals surface area contributed by atoms with Gasteiger partial charge in [0.15, 0.2) is 0 Å². The first-order chi connectivity index (χ1) is 19.6. The van der Waals surface area contributed by atoms with Crippen LogP contribution in [-0.4, -0.2) is 56.9 Å². The average molecular weight is 554 g/mol. The van der Waals surface area contributed by atoms with Crippen LogP contribution in [0.4, 0.5) is 17.1 Å².